The summed E-state index contributed by atoms with van der Waals surface area (Å²) in [6, 6.07) is 0. The van der Waals surface area contributed by atoms with Gasteiger partial charge in [-0.3, -0.25) is 4.57 Å². The predicted octanol–water partition coefficient (Wildman–Crippen LogP) is -0.436. The van der Waals surface area contributed by atoms with Crippen LogP contribution < -0.4 is 15.8 Å². The molecule has 0 radical (unpaired) electrons. The van der Waals surface area contributed by atoms with Crippen molar-refractivity contribution in [2.75, 3.05) is 18.9 Å². The summed E-state index contributed by atoms with van der Waals surface area (Å²) >= 11 is 0. The lowest BCUT2D eigenvalue weighted by molar-refractivity contribution is -0.0535. The van der Waals surface area contributed by atoms with Crippen molar-refractivity contribution in [3.63, 3.8) is 0 Å². The largest absolute Gasteiger partial charge is 0.476 e. The fourth-order valence-corrected chi connectivity index (χ4v) is 3.41. The van der Waals surface area contributed by atoms with E-state index in [2.05, 4.69) is 20.3 Å². The van der Waals surface area contributed by atoms with Crippen LogP contribution in [-0.2, 0) is 9.47 Å². The Hall–Kier alpha value is -2.66. The molecule has 4 atom stereocenters. The van der Waals surface area contributed by atoms with Crippen LogP contribution in [0.5, 0.6) is 5.88 Å². The Morgan fingerprint density at radius 1 is 1.52 bits per heavy atom. The van der Waals surface area contributed by atoms with Gasteiger partial charge in [0, 0.05) is 0 Å². The average molecular weight is 350 g/mol. The van der Waals surface area contributed by atoms with Gasteiger partial charge in [-0.1, -0.05) is 0 Å². The first-order chi connectivity index (χ1) is 12.0. The van der Waals surface area contributed by atoms with Gasteiger partial charge in [0.05, 0.1) is 19.5 Å². The molecule has 2 aliphatic rings. The zero-order chi connectivity index (χ0) is 17.8. The number of carbonyl (C=O) groups excluding carboxylic acids is 1. The lowest BCUT2D eigenvalue weighted by Gasteiger charge is -2.27. The molecular weight excluding hydrogens is 332 g/mol. The summed E-state index contributed by atoms with van der Waals surface area (Å²) in [5.74, 6) is 0.302. The van der Waals surface area contributed by atoms with E-state index in [0.29, 0.717) is 17.8 Å². The summed E-state index contributed by atoms with van der Waals surface area (Å²) in [6.07, 6.45) is -1.06. The Morgan fingerprint density at radius 3 is 3.04 bits per heavy atom. The van der Waals surface area contributed by atoms with Crippen molar-refractivity contribution >= 4 is 23.2 Å². The van der Waals surface area contributed by atoms with E-state index in [1.54, 1.807) is 11.5 Å². The number of alkyl carbamates (subject to hydrolysis) is 1. The van der Waals surface area contributed by atoms with Gasteiger partial charge in [0.2, 0.25) is 11.8 Å². The molecular formula is C14H18N6O5. The number of aliphatic hydroxyl groups is 1. The van der Waals surface area contributed by atoms with Crippen molar-refractivity contribution in [2.45, 2.75) is 37.8 Å². The number of nitrogens with two attached hydrogens (primary N) is 1. The molecule has 0 bridgehead atoms. The third kappa shape index (κ3) is 2.19. The summed E-state index contributed by atoms with van der Waals surface area (Å²) in [5.41, 5.74) is 5.71. The van der Waals surface area contributed by atoms with Crippen molar-refractivity contribution in [1.82, 2.24) is 24.8 Å². The maximum atomic E-state index is 11.7. The highest BCUT2D eigenvalue weighted by atomic mass is 16.6. The molecule has 1 amide bonds. The molecule has 11 nitrogen and oxygen atoms in total. The quantitative estimate of drug-likeness (QED) is 0.668. The van der Waals surface area contributed by atoms with E-state index < -0.39 is 30.1 Å². The Labute approximate surface area is 142 Å². The molecule has 2 aromatic rings. The van der Waals surface area contributed by atoms with Crippen LogP contribution in [0.15, 0.2) is 6.33 Å². The molecule has 2 fully saturated rings. The summed E-state index contributed by atoms with van der Waals surface area (Å²) in [7, 11) is 0. The number of imidazole rings is 1. The molecule has 2 aromatic heterocycles. The highest BCUT2D eigenvalue weighted by molar-refractivity contribution is 5.78. The molecule has 0 aliphatic carbocycles. The number of aromatic nitrogens is 4. The predicted molar refractivity (Wildman–Crippen MR) is 83.7 cm³/mol. The molecule has 2 aliphatic heterocycles. The van der Waals surface area contributed by atoms with Crippen molar-refractivity contribution in [2.24, 2.45) is 0 Å². The van der Waals surface area contributed by atoms with Crippen LogP contribution in [0.1, 0.15) is 20.1 Å². The number of carbonyl (C=O) groups is 1. The van der Waals surface area contributed by atoms with Gasteiger partial charge >= 0.3 is 6.09 Å². The number of amides is 1. The van der Waals surface area contributed by atoms with Crippen LogP contribution in [0.2, 0.25) is 0 Å². The lowest BCUT2D eigenvalue weighted by atomic mass is 9.93. The number of fused-ring (bicyclic) bond motifs is 2. The fourth-order valence-electron chi connectivity index (χ4n) is 3.41. The highest BCUT2D eigenvalue weighted by Gasteiger charge is 2.61. The number of hydrogen-bond donors (Lipinski definition) is 3. The third-order valence-electron chi connectivity index (χ3n) is 4.47. The van der Waals surface area contributed by atoms with Crippen LogP contribution in [0.25, 0.3) is 11.2 Å². The Morgan fingerprint density at radius 2 is 2.32 bits per heavy atom. The molecule has 4 N–H and O–H groups in total. The molecule has 0 aromatic carbocycles. The summed E-state index contributed by atoms with van der Waals surface area (Å²) in [4.78, 5) is 24.3. The van der Waals surface area contributed by atoms with Crippen molar-refractivity contribution in [3.05, 3.63) is 6.33 Å². The summed E-state index contributed by atoms with van der Waals surface area (Å²) < 4.78 is 18.3. The molecule has 1 unspecified atom stereocenters. The van der Waals surface area contributed by atoms with E-state index in [9.17, 15) is 9.90 Å². The van der Waals surface area contributed by atoms with Gasteiger partial charge in [0.1, 0.15) is 11.6 Å². The number of rotatable bonds is 4. The Balaban J connectivity index is 1.83. The molecule has 0 saturated carbocycles. The molecule has 0 spiro atoms. The first-order valence-electron chi connectivity index (χ1n) is 7.86. The normalized spacial score (nSPS) is 31.0. The number of nitrogens with zero attached hydrogens (tertiary/aromatic N) is 4. The first-order valence-corrected chi connectivity index (χ1v) is 7.86. The van der Waals surface area contributed by atoms with Crippen LogP contribution in [0.3, 0.4) is 0 Å². The molecule has 4 rings (SSSR count). The van der Waals surface area contributed by atoms with Gasteiger partial charge in [-0.05, 0) is 13.8 Å². The van der Waals surface area contributed by atoms with E-state index >= 15 is 0 Å². The zero-order valence-corrected chi connectivity index (χ0v) is 13.7. The topological polar surface area (TPSA) is 147 Å². The van der Waals surface area contributed by atoms with E-state index in [1.807, 2.05) is 6.92 Å². The van der Waals surface area contributed by atoms with Crippen LogP contribution in [0, 0.1) is 0 Å². The number of anilines is 1. The third-order valence-corrected chi connectivity index (χ3v) is 4.47. The minimum absolute atomic E-state index is 0.0304. The van der Waals surface area contributed by atoms with Crippen LogP contribution in [0.4, 0.5) is 10.7 Å². The molecule has 134 valence electrons. The van der Waals surface area contributed by atoms with E-state index in [-0.39, 0.29) is 18.4 Å². The SMILES string of the molecule is CCOc1nc(N)nc2c1ncn2[C@@H]1O[C@H](CO)[C@H]2OC(=O)NC21C. The maximum Gasteiger partial charge on any atom is 0.408 e. The second kappa shape index (κ2) is 5.43. The smallest absolute Gasteiger partial charge is 0.408 e. The average Bonchev–Trinajstić information content (AvgIpc) is 3.17. The van der Waals surface area contributed by atoms with Crippen LogP contribution >= 0.6 is 0 Å². The number of aliphatic hydroxyl groups excluding tert-OH is 1. The molecule has 2 saturated heterocycles. The molecule has 25 heavy (non-hydrogen) atoms. The molecule has 11 heteroatoms. The zero-order valence-electron chi connectivity index (χ0n) is 13.7. The summed E-state index contributed by atoms with van der Waals surface area (Å²) in [6.45, 7) is 3.71. The van der Waals surface area contributed by atoms with Gasteiger partial charge in [-0.15, -0.1) is 0 Å². The lowest BCUT2D eigenvalue weighted by Crippen LogP contribution is -2.49. The minimum Gasteiger partial charge on any atom is -0.476 e. The van der Waals surface area contributed by atoms with Crippen molar-refractivity contribution < 1.29 is 24.1 Å². The van der Waals surface area contributed by atoms with Crippen molar-refractivity contribution in [3.8, 4) is 5.88 Å². The maximum absolute atomic E-state index is 11.7. The minimum atomic E-state index is -0.899. The summed E-state index contributed by atoms with van der Waals surface area (Å²) in [5, 5.41) is 12.3. The van der Waals surface area contributed by atoms with E-state index in [4.69, 9.17) is 19.9 Å². The van der Waals surface area contributed by atoms with Crippen LogP contribution in [-0.4, -0.2) is 61.7 Å². The van der Waals surface area contributed by atoms with Crippen molar-refractivity contribution in [1.29, 1.82) is 0 Å². The second-order valence-corrected chi connectivity index (χ2v) is 6.09. The van der Waals surface area contributed by atoms with E-state index in [1.165, 1.54) is 6.33 Å². The Kier molecular flexibility index (Phi) is 3.44. The van der Waals surface area contributed by atoms with Gasteiger partial charge in [-0.2, -0.15) is 9.97 Å². The highest BCUT2D eigenvalue weighted by Crippen LogP contribution is 2.44. The van der Waals surface area contributed by atoms with Gasteiger partial charge in [0.15, 0.2) is 23.5 Å². The van der Waals surface area contributed by atoms with Gasteiger partial charge in [-0.25, -0.2) is 9.78 Å². The first kappa shape index (κ1) is 15.8. The molecule has 4 heterocycles. The van der Waals surface area contributed by atoms with E-state index in [0.717, 1.165) is 0 Å². The standard InChI is InChI=1S/C14H18N6O5/c1-3-23-10-7-9(17-12(15)18-10)20(5-16-7)11-14(2)8(6(4-21)24-11)25-13(22)19-14/h5-6,8,11,21H,3-4H2,1-2H3,(H,19,22)(H2,15,17,18)/t6-,8-,11-,14?/m1/s1. The number of nitrogen functional groups attached to an aromatic ring is 1. The Bertz CT molecular complexity index is 840. The monoisotopic (exact) mass is 350 g/mol. The number of hydrogen-bond acceptors (Lipinski definition) is 9. The van der Waals surface area contributed by atoms with Gasteiger partial charge < -0.3 is 30.4 Å². The second-order valence-electron chi connectivity index (χ2n) is 6.09. The number of nitrogens with one attached hydrogen (secondary N) is 1. The number of ether oxygens (including phenoxy) is 3. The van der Waals surface area contributed by atoms with Gasteiger partial charge in [0.25, 0.3) is 0 Å². The fraction of sp³-hybridized carbons (Fsp3) is 0.571.